The highest BCUT2D eigenvalue weighted by atomic mass is 36.0. The molecule has 0 bridgehead atoms. The first-order valence-corrected chi connectivity index (χ1v) is 8.32. The molecular formula is C12H10Cl2OS. The van der Waals surface area contributed by atoms with Crippen molar-refractivity contribution in [1.82, 2.24) is 0 Å². The Morgan fingerprint density at radius 2 is 1.00 bits per heavy atom. The van der Waals surface area contributed by atoms with Gasteiger partial charge < -0.3 is 0 Å². The molecule has 16 heavy (non-hydrogen) atoms. The van der Waals surface area contributed by atoms with Gasteiger partial charge in [0.1, 0.15) is 0 Å². The minimum Gasteiger partial charge on any atom is -0.244 e. The Morgan fingerprint density at radius 1 is 0.688 bits per heavy atom. The zero-order valence-electron chi connectivity index (χ0n) is 8.35. The van der Waals surface area contributed by atoms with Crippen molar-refractivity contribution < 1.29 is 4.21 Å². The van der Waals surface area contributed by atoms with Gasteiger partial charge in [0.25, 0.3) is 0 Å². The van der Waals surface area contributed by atoms with E-state index in [0.717, 1.165) is 0 Å². The summed E-state index contributed by atoms with van der Waals surface area (Å²) in [6.07, 6.45) is 0. The number of halogens is 2. The van der Waals surface area contributed by atoms with Crippen LogP contribution in [-0.4, -0.2) is 4.21 Å². The van der Waals surface area contributed by atoms with Crippen LogP contribution in [0, 0.1) is 0 Å². The third-order valence-corrected chi connectivity index (χ3v) is 6.52. The summed E-state index contributed by atoms with van der Waals surface area (Å²) < 4.78 is 12.7. The van der Waals surface area contributed by atoms with Crippen LogP contribution < -0.4 is 0 Å². The molecule has 4 heteroatoms. The van der Waals surface area contributed by atoms with Crippen molar-refractivity contribution >= 4 is 28.9 Å². The predicted octanol–water partition coefficient (Wildman–Crippen LogP) is 4.23. The number of hydrogen-bond acceptors (Lipinski definition) is 1. The fraction of sp³-hybridized carbons (Fsp3) is 0. The van der Waals surface area contributed by atoms with Gasteiger partial charge in [-0.05, 0) is 45.6 Å². The maximum absolute atomic E-state index is 12.7. The summed E-state index contributed by atoms with van der Waals surface area (Å²) in [7, 11) is 8.35. The summed E-state index contributed by atoms with van der Waals surface area (Å²) in [4.78, 5) is 0.850. The second-order valence-corrected chi connectivity index (χ2v) is 9.86. The first kappa shape index (κ1) is 11.6. The summed E-state index contributed by atoms with van der Waals surface area (Å²) in [5.74, 6) is 0. The lowest BCUT2D eigenvalue weighted by Crippen LogP contribution is -2.17. The van der Waals surface area contributed by atoms with Gasteiger partial charge in [0, 0.05) is 9.79 Å². The molecule has 84 valence electrons. The summed E-state index contributed by atoms with van der Waals surface area (Å²) in [6.45, 7) is 0. The zero-order chi connectivity index (χ0) is 11.7. The van der Waals surface area contributed by atoms with Crippen LogP contribution in [0.2, 0.25) is 0 Å². The van der Waals surface area contributed by atoms with Crippen molar-refractivity contribution in [1.29, 1.82) is 0 Å². The standard InChI is InChI=1S/C12H10Cl2OS/c13-16(14,15,11-7-3-1-4-8-11)12-9-5-2-6-10-12/h1-10H. The number of rotatable bonds is 2. The van der Waals surface area contributed by atoms with Crippen molar-refractivity contribution in [3.63, 3.8) is 0 Å². The Bertz CT molecular complexity index is 500. The van der Waals surface area contributed by atoms with E-state index in [4.69, 9.17) is 21.4 Å². The van der Waals surface area contributed by atoms with Gasteiger partial charge in [-0.1, -0.05) is 36.4 Å². The van der Waals surface area contributed by atoms with Gasteiger partial charge in [0.15, 0.2) is 0 Å². The van der Waals surface area contributed by atoms with E-state index in [9.17, 15) is 4.21 Å². The van der Waals surface area contributed by atoms with Crippen LogP contribution in [0.15, 0.2) is 70.5 Å². The van der Waals surface area contributed by atoms with Crippen LogP contribution in [0.1, 0.15) is 0 Å². The van der Waals surface area contributed by atoms with E-state index in [1.54, 1.807) is 48.5 Å². The molecule has 0 fully saturated rings. The van der Waals surface area contributed by atoms with E-state index in [1.807, 2.05) is 12.1 Å². The summed E-state index contributed by atoms with van der Waals surface area (Å²) in [6, 6.07) is 17.4. The third kappa shape index (κ3) is 2.01. The number of benzene rings is 2. The lowest BCUT2D eigenvalue weighted by Gasteiger charge is -2.28. The highest BCUT2D eigenvalue weighted by Gasteiger charge is 2.35. The van der Waals surface area contributed by atoms with Crippen molar-refractivity contribution in [2.75, 3.05) is 0 Å². The van der Waals surface area contributed by atoms with Gasteiger partial charge in [-0.3, -0.25) is 0 Å². The first-order valence-electron chi connectivity index (χ1n) is 4.70. The van der Waals surface area contributed by atoms with Crippen molar-refractivity contribution in [2.45, 2.75) is 9.79 Å². The monoisotopic (exact) mass is 272 g/mol. The molecule has 0 N–H and O–H groups in total. The quantitative estimate of drug-likeness (QED) is 0.748. The van der Waals surface area contributed by atoms with Crippen LogP contribution in [0.3, 0.4) is 0 Å². The molecule has 0 aliphatic rings. The maximum atomic E-state index is 12.7. The van der Waals surface area contributed by atoms with Gasteiger partial charge in [-0.15, -0.1) is 0 Å². The molecule has 0 aliphatic carbocycles. The SMILES string of the molecule is O=S(Cl)(Cl)(c1ccccc1)c1ccccc1. The molecule has 1 nitrogen and oxygen atoms in total. The molecular weight excluding hydrogens is 263 g/mol. The van der Waals surface area contributed by atoms with Crippen molar-refractivity contribution in [3.8, 4) is 0 Å². The molecule has 0 saturated carbocycles. The Labute approximate surface area is 103 Å². The van der Waals surface area contributed by atoms with Crippen LogP contribution in [0.5, 0.6) is 0 Å². The molecule has 2 aromatic carbocycles. The third-order valence-electron chi connectivity index (χ3n) is 2.27. The van der Waals surface area contributed by atoms with Crippen LogP contribution in [0.4, 0.5) is 0 Å². The topological polar surface area (TPSA) is 17.1 Å². The Hall–Kier alpha value is -0.830. The van der Waals surface area contributed by atoms with Gasteiger partial charge in [-0.25, -0.2) is 4.21 Å². The predicted molar refractivity (Wildman–Crippen MR) is 69.3 cm³/mol. The molecule has 0 unspecified atom stereocenters. The maximum Gasteiger partial charge on any atom is 0.0910 e. The molecule has 0 radical (unpaired) electrons. The van der Waals surface area contributed by atoms with E-state index in [1.165, 1.54) is 0 Å². The van der Waals surface area contributed by atoms with Gasteiger partial charge in [0.05, 0.1) is 7.49 Å². The fourth-order valence-corrected chi connectivity index (χ4v) is 4.16. The molecule has 0 heterocycles. The van der Waals surface area contributed by atoms with E-state index >= 15 is 0 Å². The average Bonchev–Trinajstić information content (AvgIpc) is 2.31. The van der Waals surface area contributed by atoms with E-state index < -0.39 is 7.49 Å². The summed E-state index contributed by atoms with van der Waals surface area (Å²) in [5, 5.41) is 0. The second kappa shape index (κ2) is 3.88. The summed E-state index contributed by atoms with van der Waals surface area (Å²) >= 11 is 0. The molecule has 2 rings (SSSR count). The Morgan fingerprint density at radius 3 is 1.31 bits per heavy atom. The summed E-state index contributed by atoms with van der Waals surface area (Å²) in [5.41, 5.74) is 0. The van der Waals surface area contributed by atoms with E-state index in [0.29, 0.717) is 9.79 Å². The van der Waals surface area contributed by atoms with Crippen LogP contribution in [-0.2, 0) is 7.49 Å². The zero-order valence-corrected chi connectivity index (χ0v) is 10.7. The largest absolute Gasteiger partial charge is 0.244 e. The van der Waals surface area contributed by atoms with Crippen LogP contribution >= 0.6 is 21.4 Å². The van der Waals surface area contributed by atoms with Gasteiger partial charge >= 0.3 is 0 Å². The highest BCUT2D eigenvalue weighted by molar-refractivity contribution is 8.53. The highest BCUT2D eigenvalue weighted by Crippen LogP contribution is 2.51. The smallest absolute Gasteiger partial charge is 0.0910 e. The molecule has 0 aliphatic heterocycles. The van der Waals surface area contributed by atoms with E-state index in [-0.39, 0.29) is 0 Å². The average molecular weight is 273 g/mol. The molecule has 0 amide bonds. The second-order valence-electron chi connectivity index (χ2n) is 3.39. The van der Waals surface area contributed by atoms with Gasteiger partial charge in [0.2, 0.25) is 0 Å². The van der Waals surface area contributed by atoms with Crippen LogP contribution in [0.25, 0.3) is 0 Å². The van der Waals surface area contributed by atoms with Gasteiger partial charge in [-0.2, -0.15) is 0 Å². The lowest BCUT2D eigenvalue weighted by atomic mass is 10.4. The lowest BCUT2D eigenvalue weighted by molar-refractivity contribution is 0.676. The van der Waals surface area contributed by atoms with Crippen molar-refractivity contribution in [3.05, 3.63) is 60.7 Å². The fourth-order valence-electron chi connectivity index (χ4n) is 1.43. The first-order chi connectivity index (χ1) is 7.49. The minimum absolute atomic E-state index is 0.425. The minimum atomic E-state index is -3.97. The van der Waals surface area contributed by atoms with E-state index in [2.05, 4.69) is 0 Å². The Balaban J connectivity index is 2.65. The molecule has 2 aromatic rings. The number of hydrogen-bond donors (Lipinski definition) is 0. The van der Waals surface area contributed by atoms with Crippen molar-refractivity contribution in [2.24, 2.45) is 0 Å². The molecule has 0 aromatic heterocycles. The Kier molecular flexibility index (Phi) is 2.82. The molecule has 0 saturated heterocycles. The molecule has 0 spiro atoms. The normalized spacial score (nSPS) is 14.0. The molecule has 0 atom stereocenters.